The maximum Gasteiger partial charge on any atom is 0.277 e. The topological polar surface area (TPSA) is 67.8 Å². The number of hydrogen-bond donors (Lipinski definition) is 2. The molecule has 5 nitrogen and oxygen atoms in total. The molecule has 0 aromatic rings. The van der Waals surface area contributed by atoms with Gasteiger partial charge in [0.2, 0.25) is 5.91 Å². The van der Waals surface area contributed by atoms with Crippen molar-refractivity contribution in [2.24, 2.45) is 11.7 Å². The lowest BCUT2D eigenvalue weighted by Crippen LogP contribution is -3.14. The van der Waals surface area contributed by atoms with E-state index in [-0.39, 0.29) is 17.7 Å². The van der Waals surface area contributed by atoms with Gasteiger partial charge in [0.25, 0.3) is 5.91 Å². The van der Waals surface area contributed by atoms with Gasteiger partial charge in [-0.25, -0.2) is 0 Å². The fraction of sp³-hybridized carbons (Fsp3) is 0.875. The molecule has 2 amide bonds. The number of carbonyl (C=O) groups excluding carboxylic acids is 2. The molecule has 2 fully saturated rings. The molecule has 0 radical (unpaired) electrons. The summed E-state index contributed by atoms with van der Waals surface area (Å²) >= 11 is 0. The van der Waals surface area contributed by atoms with Crippen LogP contribution in [0.1, 0.15) is 51.9 Å². The maximum absolute atomic E-state index is 12.6. The van der Waals surface area contributed by atoms with E-state index in [1.807, 2.05) is 0 Å². The van der Waals surface area contributed by atoms with E-state index in [0.29, 0.717) is 12.6 Å². The normalized spacial score (nSPS) is 27.3. The van der Waals surface area contributed by atoms with Crippen LogP contribution in [-0.4, -0.2) is 48.9 Å². The number of rotatable bonds is 5. The Morgan fingerprint density at radius 2 is 1.71 bits per heavy atom. The largest absolute Gasteiger partial charge is 0.369 e. The van der Waals surface area contributed by atoms with E-state index in [1.165, 1.54) is 37.0 Å². The van der Waals surface area contributed by atoms with Crippen molar-refractivity contribution < 1.29 is 14.5 Å². The molecule has 0 aromatic carbocycles. The highest BCUT2D eigenvalue weighted by molar-refractivity contribution is 5.78. The number of primary amides is 1. The molecule has 0 aromatic heterocycles. The second-order valence-corrected chi connectivity index (χ2v) is 6.58. The molecule has 1 heterocycles. The fourth-order valence-electron chi connectivity index (χ4n) is 3.83. The number of likely N-dealkylation sites (tertiary alicyclic amines) is 1. The number of piperidine rings is 1. The molecule has 1 saturated heterocycles. The van der Waals surface area contributed by atoms with Gasteiger partial charge in [0.15, 0.2) is 6.54 Å². The number of likely N-dealkylation sites (N-methyl/N-ethyl adjacent to an activating group) is 1. The van der Waals surface area contributed by atoms with E-state index in [2.05, 4.69) is 11.8 Å². The number of amides is 2. The first kappa shape index (κ1) is 16.3. The lowest BCUT2D eigenvalue weighted by molar-refractivity contribution is -0.898. The van der Waals surface area contributed by atoms with Gasteiger partial charge in [-0.05, 0) is 19.8 Å². The van der Waals surface area contributed by atoms with Crippen LogP contribution >= 0.6 is 0 Å². The number of carbonyl (C=O) groups is 2. The van der Waals surface area contributed by atoms with E-state index < -0.39 is 0 Å². The summed E-state index contributed by atoms with van der Waals surface area (Å²) in [4.78, 5) is 27.2. The van der Waals surface area contributed by atoms with Crippen LogP contribution in [0.15, 0.2) is 0 Å². The highest BCUT2D eigenvalue weighted by atomic mass is 16.2. The third-order valence-electron chi connectivity index (χ3n) is 5.17. The summed E-state index contributed by atoms with van der Waals surface area (Å²) in [7, 11) is 0. The van der Waals surface area contributed by atoms with Gasteiger partial charge in [0, 0.05) is 31.3 Å². The minimum Gasteiger partial charge on any atom is -0.369 e. The second kappa shape index (κ2) is 7.78. The molecule has 0 spiro atoms. The second-order valence-electron chi connectivity index (χ2n) is 6.58. The quantitative estimate of drug-likeness (QED) is 0.747. The summed E-state index contributed by atoms with van der Waals surface area (Å²) in [6, 6.07) is 0.457. The van der Waals surface area contributed by atoms with Crippen LogP contribution in [-0.2, 0) is 9.59 Å². The van der Waals surface area contributed by atoms with Crippen LogP contribution < -0.4 is 10.6 Å². The lowest BCUT2D eigenvalue weighted by atomic mass is 9.94. The van der Waals surface area contributed by atoms with E-state index in [1.54, 1.807) is 0 Å². The standard InChI is InChI=1S/C16H29N3O2/c1-2-19(14-6-4-3-5-7-14)15(20)12-18-10-8-13(9-11-18)16(17)21/h13-14H,2-12H2,1H3,(H2,17,21)/p+1. The maximum atomic E-state index is 12.6. The van der Waals surface area contributed by atoms with Crippen LogP contribution in [0.25, 0.3) is 0 Å². The van der Waals surface area contributed by atoms with Crippen molar-refractivity contribution in [2.75, 3.05) is 26.2 Å². The van der Waals surface area contributed by atoms with Crippen molar-refractivity contribution in [1.82, 2.24) is 4.90 Å². The first-order valence-corrected chi connectivity index (χ1v) is 8.54. The van der Waals surface area contributed by atoms with Crippen molar-refractivity contribution in [3.63, 3.8) is 0 Å². The van der Waals surface area contributed by atoms with E-state index in [0.717, 1.165) is 32.5 Å². The summed E-state index contributed by atoms with van der Waals surface area (Å²) < 4.78 is 0. The molecule has 0 bridgehead atoms. The highest BCUT2D eigenvalue weighted by Gasteiger charge is 2.30. The Morgan fingerprint density at radius 3 is 2.24 bits per heavy atom. The molecule has 1 aliphatic heterocycles. The summed E-state index contributed by atoms with van der Waals surface area (Å²) in [6.45, 7) is 5.26. The third kappa shape index (κ3) is 4.43. The predicted molar refractivity (Wildman–Crippen MR) is 81.7 cm³/mol. The molecule has 5 heteroatoms. The fourth-order valence-corrected chi connectivity index (χ4v) is 3.83. The van der Waals surface area contributed by atoms with Crippen molar-refractivity contribution in [1.29, 1.82) is 0 Å². The smallest absolute Gasteiger partial charge is 0.277 e. The van der Waals surface area contributed by atoms with Crippen molar-refractivity contribution in [3.8, 4) is 0 Å². The Kier molecular flexibility index (Phi) is 6.03. The number of hydrogen-bond acceptors (Lipinski definition) is 2. The molecular formula is C16H30N3O2+. The Bertz CT molecular complexity index is 359. The average Bonchev–Trinajstić information content (AvgIpc) is 2.49. The molecular weight excluding hydrogens is 266 g/mol. The Morgan fingerprint density at radius 1 is 1.10 bits per heavy atom. The number of quaternary nitrogens is 1. The zero-order chi connectivity index (χ0) is 15.2. The van der Waals surface area contributed by atoms with Gasteiger partial charge in [0.05, 0.1) is 13.1 Å². The van der Waals surface area contributed by atoms with Crippen molar-refractivity contribution in [2.45, 2.75) is 57.9 Å². The van der Waals surface area contributed by atoms with Gasteiger partial charge in [0.1, 0.15) is 0 Å². The summed E-state index contributed by atoms with van der Waals surface area (Å²) in [6.07, 6.45) is 7.81. The zero-order valence-electron chi connectivity index (χ0n) is 13.3. The lowest BCUT2D eigenvalue weighted by Gasteiger charge is -2.35. The Labute approximate surface area is 127 Å². The Balaban J connectivity index is 1.81. The van der Waals surface area contributed by atoms with Gasteiger partial charge in [-0.1, -0.05) is 19.3 Å². The molecule has 3 N–H and O–H groups in total. The molecule has 120 valence electrons. The van der Waals surface area contributed by atoms with Crippen LogP contribution in [0.4, 0.5) is 0 Å². The first-order valence-electron chi connectivity index (χ1n) is 8.54. The highest BCUT2D eigenvalue weighted by Crippen LogP contribution is 2.22. The minimum atomic E-state index is -0.183. The number of nitrogens with two attached hydrogens (primary N) is 1. The predicted octanol–water partition coefficient (Wildman–Crippen LogP) is -0.0522. The molecule has 2 aliphatic rings. The number of nitrogens with zero attached hydrogens (tertiary/aromatic N) is 1. The van der Waals surface area contributed by atoms with E-state index in [4.69, 9.17) is 5.73 Å². The summed E-state index contributed by atoms with van der Waals surface area (Å²) in [5, 5.41) is 0. The molecule has 0 atom stereocenters. The summed E-state index contributed by atoms with van der Waals surface area (Å²) in [5.74, 6) is 0.124. The van der Waals surface area contributed by atoms with Crippen LogP contribution in [0.2, 0.25) is 0 Å². The first-order chi connectivity index (χ1) is 10.1. The summed E-state index contributed by atoms with van der Waals surface area (Å²) in [5.41, 5.74) is 5.36. The van der Waals surface area contributed by atoms with E-state index >= 15 is 0 Å². The van der Waals surface area contributed by atoms with Gasteiger partial charge in [-0.3, -0.25) is 9.59 Å². The molecule has 1 saturated carbocycles. The number of nitrogens with one attached hydrogen (secondary N) is 1. The average molecular weight is 296 g/mol. The van der Waals surface area contributed by atoms with Crippen molar-refractivity contribution >= 4 is 11.8 Å². The van der Waals surface area contributed by atoms with Crippen LogP contribution in [0.5, 0.6) is 0 Å². The van der Waals surface area contributed by atoms with Gasteiger partial charge >= 0.3 is 0 Å². The van der Waals surface area contributed by atoms with Crippen molar-refractivity contribution in [3.05, 3.63) is 0 Å². The van der Waals surface area contributed by atoms with Gasteiger partial charge < -0.3 is 15.5 Å². The van der Waals surface area contributed by atoms with Crippen LogP contribution in [0, 0.1) is 5.92 Å². The zero-order valence-corrected chi connectivity index (χ0v) is 13.3. The SMILES string of the molecule is CCN(C(=O)C[NH+]1CCC(C(N)=O)CC1)C1CCCCC1. The monoisotopic (exact) mass is 296 g/mol. The molecule has 2 rings (SSSR count). The van der Waals surface area contributed by atoms with Crippen LogP contribution in [0.3, 0.4) is 0 Å². The molecule has 21 heavy (non-hydrogen) atoms. The third-order valence-corrected chi connectivity index (χ3v) is 5.17. The molecule has 1 aliphatic carbocycles. The van der Waals surface area contributed by atoms with Gasteiger partial charge in [-0.15, -0.1) is 0 Å². The minimum absolute atomic E-state index is 0.0180. The molecule has 0 unspecified atom stereocenters. The van der Waals surface area contributed by atoms with Gasteiger partial charge in [-0.2, -0.15) is 0 Å². The van der Waals surface area contributed by atoms with E-state index in [9.17, 15) is 9.59 Å². The Hall–Kier alpha value is -1.10.